The fraction of sp³-hybridized carbons (Fsp3) is 0.300. The largest absolute Gasteiger partial charge is 0.340 e. The SMILES string of the molecule is CCCCCCn1c2ccc3cc2c2cc(ccc21)n1cc(nn1)c1ccc2c(c1)c1cc(ccc1n2CCCCCC)n1cc(nn1)c1ccc2c(c1)c1cc(ccc1n2CCCCCC)n1cc3nn1. The highest BCUT2D eigenvalue weighted by molar-refractivity contribution is 6.14. The van der Waals surface area contributed by atoms with Crippen molar-refractivity contribution in [1.29, 1.82) is 0 Å². The molecule has 13 aromatic rings. The molecule has 0 saturated heterocycles. The summed E-state index contributed by atoms with van der Waals surface area (Å²) in [5, 5.41) is 38.9. The van der Waals surface area contributed by atoms with Crippen LogP contribution in [0.3, 0.4) is 0 Å². The van der Waals surface area contributed by atoms with Crippen LogP contribution in [0.1, 0.15) is 97.8 Å². The second-order valence-electron chi connectivity index (χ2n) is 20.1. The zero-order valence-electron chi connectivity index (χ0n) is 41.6. The number of aromatic nitrogens is 12. The van der Waals surface area contributed by atoms with E-state index in [0.717, 1.165) is 88.2 Å². The Hall–Kier alpha value is -7.86. The lowest BCUT2D eigenvalue weighted by molar-refractivity contribution is 0.602. The van der Waals surface area contributed by atoms with Crippen molar-refractivity contribution in [3.05, 3.63) is 128 Å². The van der Waals surface area contributed by atoms with Crippen LogP contribution in [0.25, 0.3) is 115 Å². The molecular formula is C60H60N12. The molecule has 0 aliphatic carbocycles. The predicted molar refractivity (Wildman–Crippen MR) is 296 cm³/mol. The van der Waals surface area contributed by atoms with Crippen LogP contribution in [-0.4, -0.2) is 58.2 Å². The molecule has 0 N–H and O–H groups in total. The lowest BCUT2D eigenvalue weighted by Gasteiger charge is -2.07. The third-order valence-corrected chi connectivity index (χ3v) is 15.4. The highest BCUT2D eigenvalue weighted by Crippen LogP contribution is 2.36. The number of aryl methyl sites for hydroxylation is 3. The van der Waals surface area contributed by atoms with Crippen molar-refractivity contribution in [2.45, 2.75) is 117 Å². The second kappa shape index (κ2) is 18.4. The Morgan fingerprint density at radius 1 is 0.306 bits per heavy atom. The van der Waals surface area contributed by atoms with Gasteiger partial charge < -0.3 is 13.7 Å². The molecule has 0 unspecified atom stereocenters. The molecule has 13 rings (SSSR count). The number of hydrogen-bond acceptors (Lipinski definition) is 6. The Morgan fingerprint density at radius 3 is 0.875 bits per heavy atom. The van der Waals surface area contributed by atoms with Gasteiger partial charge in [-0.25, -0.2) is 13.5 Å². The second-order valence-corrected chi connectivity index (χ2v) is 20.1. The summed E-state index contributed by atoms with van der Waals surface area (Å²) in [6, 6.07) is 40.5. The van der Waals surface area contributed by atoms with Gasteiger partial charge in [0.2, 0.25) is 0 Å². The van der Waals surface area contributed by atoms with E-state index < -0.39 is 0 Å². The monoisotopic (exact) mass is 949 g/mol. The van der Waals surface area contributed by atoms with E-state index in [1.54, 1.807) is 0 Å². The van der Waals surface area contributed by atoms with Crippen LogP contribution in [0.15, 0.2) is 128 Å². The normalized spacial score (nSPS) is 12.4. The first-order chi connectivity index (χ1) is 35.5. The topological polar surface area (TPSA) is 105 Å². The van der Waals surface area contributed by atoms with E-state index in [0.29, 0.717) is 0 Å². The number of benzene rings is 6. The first kappa shape index (κ1) is 44.1. The van der Waals surface area contributed by atoms with Gasteiger partial charge in [-0.3, -0.25) is 0 Å². The molecule has 7 aromatic heterocycles. The maximum atomic E-state index is 4.80. The van der Waals surface area contributed by atoms with Gasteiger partial charge in [-0.1, -0.05) is 112 Å². The minimum Gasteiger partial charge on any atom is -0.340 e. The summed E-state index contributed by atoms with van der Waals surface area (Å²) in [6.07, 6.45) is 20.5. The van der Waals surface area contributed by atoms with Crippen molar-refractivity contribution in [2.75, 3.05) is 0 Å². The molecule has 72 heavy (non-hydrogen) atoms. The van der Waals surface area contributed by atoms with Gasteiger partial charge in [0, 0.05) is 101 Å². The van der Waals surface area contributed by atoms with Crippen molar-refractivity contribution < 1.29 is 0 Å². The van der Waals surface area contributed by atoms with E-state index in [1.165, 1.54) is 123 Å². The average molecular weight is 949 g/mol. The van der Waals surface area contributed by atoms with E-state index in [1.807, 2.05) is 13.5 Å². The van der Waals surface area contributed by atoms with Gasteiger partial charge >= 0.3 is 0 Å². The summed E-state index contributed by atoms with van der Waals surface area (Å²) < 4.78 is 13.3. The number of unbranched alkanes of at least 4 members (excludes halogenated alkanes) is 9. The van der Waals surface area contributed by atoms with Crippen molar-refractivity contribution in [3.63, 3.8) is 0 Å². The minimum atomic E-state index is 0.824. The Labute approximate surface area is 416 Å². The van der Waals surface area contributed by atoms with Crippen LogP contribution in [0, 0.1) is 0 Å². The number of hydrogen-bond donors (Lipinski definition) is 0. The van der Waals surface area contributed by atoms with Gasteiger partial charge in [0.15, 0.2) is 0 Å². The van der Waals surface area contributed by atoms with Gasteiger partial charge in [0.25, 0.3) is 0 Å². The van der Waals surface area contributed by atoms with E-state index in [9.17, 15) is 0 Å². The molecule has 18 bridgehead atoms. The molecule has 360 valence electrons. The van der Waals surface area contributed by atoms with Crippen molar-refractivity contribution >= 4 is 115 Å². The molecule has 0 fully saturated rings. The molecule has 6 aromatic carbocycles. The molecule has 0 aliphatic rings. The molecule has 0 saturated carbocycles. The highest BCUT2D eigenvalue weighted by atomic mass is 15.4. The third-order valence-electron chi connectivity index (χ3n) is 15.4. The Balaban J connectivity index is 1.08. The molecule has 7 heterocycles. The minimum absolute atomic E-state index is 0.824. The van der Waals surface area contributed by atoms with E-state index >= 15 is 0 Å². The van der Waals surface area contributed by atoms with E-state index in [-0.39, 0.29) is 0 Å². The summed E-state index contributed by atoms with van der Waals surface area (Å²) in [7, 11) is 0. The van der Waals surface area contributed by atoms with Crippen LogP contribution in [-0.2, 0) is 19.6 Å². The predicted octanol–water partition coefficient (Wildman–Crippen LogP) is 15.0. The summed E-state index contributed by atoms with van der Waals surface area (Å²) in [4.78, 5) is 0. The first-order valence-electron chi connectivity index (χ1n) is 26.5. The number of fused-ring (bicyclic) bond motifs is 18. The Morgan fingerprint density at radius 2 is 0.583 bits per heavy atom. The fourth-order valence-corrected chi connectivity index (χ4v) is 11.6. The maximum absolute atomic E-state index is 4.80. The van der Waals surface area contributed by atoms with Crippen LogP contribution in [0.2, 0.25) is 0 Å². The lowest BCUT2D eigenvalue weighted by atomic mass is 10.1. The maximum Gasteiger partial charge on any atom is 0.113 e. The van der Waals surface area contributed by atoms with Crippen LogP contribution in [0.5, 0.6) is 0 Å². The van der Waals surface area contributed by atoms with Crippen LogP contribution >= 0.6 is 0 Å². The average Bonchev–Trinajstić information content (AvgIpc) is 4.30. The van der Waals surface area contributed by atoms with Gasteiger partial charge in [-0.15, -0.1) is 15.3 Å². The van der Waals surface area contributed by atoms with E-state index in [2.05, 4.69) is 162 Å². The molecule has 0 aliphatic heterocycles. The molecule has 0 atom stereocenters. The zero-order chi connectivity index (χ0) is 48.3. The van der Waals surface area contributed by atoms with Crippen molar-refractivity contribution in [2.24, 2.45) is 0 Å². The van der Waals surface area contributed by atoms with Crippen LogP contribution < -0.4 is 0 Å². The van der Waals surface area contributed by atoms with Gasteiger partial charge in [0.1, 0.15) is 16.6 Å². The molecule has 0 amide bonds. The Bertz CT molecular complexity index is 3640. The van der Waals surface area contributed by atoms with Crippen molar-refractivity contribution in [1.82, 2.24) is 58.2 Å². The summed E-state index contributed by atoms with van der Waals surface area (Å²) >= 11 is 0. The first-order valence-corrected chi connectivity index (χ1v) is 26.5. The van der Waals surface area contributed by atoms with Gasteiger partial charge in [0.05, 0.1) is 35.1 Å². The molecular weight excluding hydrogens is 889 g/mol. The summed E-state index contributed by atoms with van der Waals surface area (Å²) in [5.74, 6) is 0. The third kappa shape index (κ3) is 7.57. The van der Waals surface area contributed by atoms with E-state index in [4.69, 9.17) is 30.9 Å². The Kier molecular flexibility index (Phi) is 11.3. The molecule has 12 heteroatoms. The molecule has 0 radical (unpaired) electrons. The fourth-order valence-electron chi connectivity index (χ4n) is 11.6. The lowest BCUT2D eigenvalue weighted by Crippen LogP contribution is -1.97. The summed E-state index contributed by atoms with van der Waals surface area (Å²) in [6.45, 7) is 9.69. The highest BCUT2D eigenvalue weighted by Gasteiger charge is 2.16. The standard InChI is InChI=1S/C60H60N12/c1-4-7-10-13-28-67-55-22-16-40-31-46(55)49-34-43(19-25-58(49)67)70-38-53(62-64-70)41-17-23-56-47(32-41)51-36-45(21-27-60(51)68(56)29-14-11-8-5-2)72-39-54(63-66-72)42-18-24-57-48(33-42)50-35-44(71-37-52(40)61-65-71)20-26-59(50)69(57)30-15-12-9-6-3/h16-27,31-39H,4-15,28-30H2,1-3H3. The zero-order valence-corrected chi connectivity index (χ0v) is 41.6. The van der Waals surface area contributed by atoms with Crippen LogP contribution in [0.4, 0.5) is 0 Å². The summed E-state index contributed by atoms with van der Waals surface area (Å²) in [5.41, 5.74) is 12.7. The number of rotatable bonds is 15. The van der Waals surface area contributed by atoms with Gasteiger partial charge in [-0.05, 0) is 110 Å². The number of nitrogens with zero attached hydrogens (tertiary/aromatic N) is 12. The van der Waals surface area contributed by atoms with Crippen molar-refractivity contribution in [3.8, 4) is 0 Å². The van der Waals surface area contributed by atoms with Gasteiger partial charge in [-0.2, -0.15) is 0 Å². The molecule has 12 nitrogen and oxygen atoms in total. The molecule has 0 spiro atoms. The smallest absolute Gasteiger partial charge is 0.113 e. The quantitative estimate of drug-likeness (QED) is 0.0948.